The van der Waals surface area contributed by atoms with Crippen molar-refractivity contribution in [3.8, 4) is 17.2 Å². The fourth-order valence-electron chi connectivity index (χ4n) is 3.91. The molecule has 0 amide bonds. The average Bonchev–Trinajstić information content (AvgIpc) is 2.85. The fraction of sp³-hybridized carbons (Fsp3) is 0.222. The van der Waals surface area contributed by atoms with E-state index in [9.17, 15) is 4.79 Å². The van der Waals surface area contributed by atoms with Gasteiger partial charge in [-0.25, -0.2) is 0 Å². The molecule has 0 fully saturated rings. The molecule has 3 aromatic carbocycles. The highest BCUT2D eigenvalue weighted by molar-refractivity contribution is 9.10. The van der Waals surface area contributed by atoms with Crippen LogP contribution in [0.5, 0.6) is 17.2 Å². The van der Waals surface area contributed by atoms with Gasteiger partial charge in [0.1, 0.15) is 30.0 Å². The molecule has 33 heavy (non-hydrogen) atoms. The largest absolute Gasteiger partial charge is 0.496 e. The van der Waals surface area contributed by atoms with Gasteiger partial charge < -0.3 is 18.9 Å². The van der Waals surface area contributed by atoms with E-state index in [4.69, 9.17) is 18.9 Å². The molecule has 3 aromatic rings. The summed E-state index contributed by atoms with van der Waals surface area (Å²) in [5.41, 5.74) is 4.29. The van der Waals surface area contributed by atoms with Crippen LogP contribution in [0.15, 0.2) is 59.6 Å². The maximum Gasteiger partial charge on any atom is 0.154 e. The molecule has 0 aliphatic rings. The third-order valence-corrected chi connectivity index (χ3v) is 6.30. The van der Waals surface area contributed by atoms with Crippen LogP contribution in [0.2, 0.25) is 0 Å². The van der Waals surface area contributed by atoms with Gasteiger partial charge >= 0.3 is 0 Å². The highest BCUT2D eigenvalue weighted by atomic mass is 79.9. The first-order chi connectivity index (χ1) is 16.0. The Bertz CT molecular complexity index is 1140. The molecule has 0 aromatic heterocycles. The molecule has 0 N–H and O–H groups in total. The molecule has 0 saturated carbocycles. The number of halogens is 1. The molecule has 5 nitrogen and oxygen atoms in total. The van der Waals surface area contributed by atoms with Gasteiger partial charge in [-0.2, -0.15) is 0 Å². The number of ether oxygens (including phenoxy) is 4. The molecule has 0 unspecified atom stereocenters. The van der Waals surface area contributed by atoms with Crippen molar-refractivity contribution in [2.75, 3.05) is 21.3 Å². The number of rotatable bonds is 10. The van der Waals surface area contributed by atoms with Gasteiger partial charge in [0.2, 0.25) is 0 Å². The van der Waals surface area contributed by atoms with E-state index < -0.39 is 6.10 Å². The van der Waals surface area contributed by atoms with Gasteiger partial charge in [0.15, 0.2) is 6.29 Å². The predicted molar refractivity (Wildman–Crippen MR) is 134 cm³/mol. The summed E-state index contributed by atoms with van der Waals surface area (Å²) in [6.07, 6.45) is 1.90. The van der Waals surface area contributed by atoms with E-state index in [1.165, 1.54) is 0 Å². The summed E-state index contributed by atoms with van der Waals surface area (Å²) >= 11 is 3.70. The molecule has 0 aliphatic heterocycles. The predicted octanol–water partition coefficient (Wildman–Crippen LogP) is 6.55. The number of aldehydes is 1. The lowest BCUT2D eigenvalue weighted by atomic mass is 9.91. The molecule has 3 rings (SSSR count). The summed E-state index contributed by atoms with van der Waals surface area (Å²) in [5, 5.41) is 0. The minimum absolute atomic E-state index is 0.281. The van der Waals surface area contributed by atoms with Crippen LogP contribution in [0.1, 0.15) is 44.3 Å². The summed E-state index contributed by atoms with van der Waals surface area (Å²) in [6, 6.07) is 15.4. The zero-order valence-corrected chi connectivity index (χ0v) is 20.8. The van der Waals surface area contributed by atoms with E-state index in [-0.39, 0.29) is 6.61 Å². The molecule has 0 bridgehead atoms. The van der Waals surface area contributed by atoms with Crippen molar-refractivity contribution in [3.05, 3.63) is 93.0 Å². The number of carbonyl (C=O) groups is 1. The summed E-state index contributed by atoms with van der Waals surface area (Å²) in [5.74, 6) is 1.59. The SMILES string of the molecule is C=Cc1cccc(OC)c1[C@H](OC)c1c(Br)c(OC)c(C)c(C=O)c1OCc1ccccc1. The standard InChI is InChI=1S/C27H27BrO5/c1-6-19-13-10-14-21(30-3)22(19)27(32-5)23-24(28)25(31-4)17(2)20(15-29)26(23)33-16-18-11-8-7-9-12-18/h6-15,27H,1,16H2,2-5H3/t27-/m0/s1. The smallest absolute Gasteiger partial charge is 0.154 e. The van der Waals surface area contributed by atoms with Crippen LogP contribution in [0.4, 0.5) is 0 Å². The molecule has 0 radical (unpaired) electrons. The van der Waals surface area contributed by atoms with E-state index >= 15 is 0 Å². The quantitative estimate of drug-likeness (QED) is 0.289. The van der Waals surface area contributed by atoms with Gasteiger partial charge in [0.25, 0.3) is 0 Å². The molecule has 6 heteroatoms. The van der Waals surface area contributed by atoms with Crippen LogP contribution in [0.3, 0.4) is 0 Å². The Balaban J connectivity index is 2.30. The van der Waals surface area contributed by atoms with Crippen LogP contribution < -0.4 is 14.2 Å². The topological polar surface area (TPSA) is 54.0 Å². The van der Waals surface area contributed by atoms with Crippen molar-refractivity contribution in [2.45, 2.75) is 19.6 Å². The van der Waals surface area contributed by atoms with Gasteiger partial charge in [0.05, 0.1) is 24.3 Å². The van der Waals surface area contributed by atoms with Crippen molar-refractivity contribution in [2.24, 2.45) is 0 Å². The molecule has 0 aliphatic carbocycles. The molecular weight excluding hydrogens is 484 g/mol. The highest BCUT2D eigenvalue weighted by Gasteiger charge is 2.31. The zero-order chi connectivity index (χ0) is 24.0. The first kappa shape index (κ1) is 24.6. The van der Waals surface area contributed by atoms with E-state index in [0.29, 0.717) is 38.4 Å². The lowest BCUT2D eigenvalue weighted by molar-refractivity contribution is 0.111. The van der Waals surface area contributed by atoms with Crippen molar-refractivity contribution in [3.63, 3.8) is 0 Å². The van der Waals surface area contributed by atoms with Crippen molar-refractivity contribution in [1.29, 1.82) is 0 Å². The first-order valence-corrected chi connectivity index (χ1v) is 11.2. The lowest BCUT2D eigenvalue weighted by Gasteiger charge is -2.27. The van der Waals surface area contributed by atoms with Crippen LogP contribution in [0.25, 0.3) is 6.08 Å². The van der Waals surface area contributed by atoms with Gasteiger partial charge in [-0.3, -0.25) is 4.79 Å². The normalized spacial score (nSPS) is 11.5. The Hall–Kier alpha value is -3.09. The number of hydrogen-bond acceptors (Lipinski definition) is 5. The zero-order valence-electron chi connectivity index (χ0n) is 19.2. The Morgan fingerprint density at radius 2 is 1.70 bits per heavy atom. The Morgan fingerprint density at radius 1 is 0.970 bits per heavy atom. The van der Waals surface area contributed by atoms with Crippen molar-refractivity contribution >= 4 is 28.3 Å². The summed E-state index contributed by atoms with van der Waals surface area (Å²) in [7, 11) is 4.77. The van der Waals surface area contributed by atoms with E-state index in [2.05, 4.69) is 22.5 Å². The Labute approximate surface area is 203 Å². The second-order valence-corrected chi connectivity index (χ2v) is 8.10. The number of methoxy groups -OCH3 is 3. The summed E-state index contributed by atoms with van der Waals surface area (Å²) < 4.78 is 24.3. The minimum atomic E-state index is -0.637. The van der Waals surface area contributed by atoms with Gasteiger partial charge in [0, 0.05) is 23.8 Å². The lowest BCUT2D eigenvalue weighted by Crippen LogP contribution is -2.14. The van der Waals surface area contributed by atoms with Gasteiger partial charge in [-0.1, -0.05) is 55.1 Å². The maximum atomic E-state index is 12.3. The van der Waals surface area contributed by atoms with Crippen molar-refractivity contribution < 1.29 is 23.7 Å². The van der Waals surface area contributed by atoms with Crippen LogP contribution in [-0.4, -0.2) is 27.6 Å². The Morgan fingerprint density at radius 3 is 2.27 bits per heavy atom. The van der Waals surface area contributed by atoms with E-state index in [1.807, 2.05) is 55.5 Å². The first-order valence-electron chi connectivity index (χ1n) is 10.4. The second-order valence-electron chi connectivity index (χ2n) is 7.30. The molecular formula is C27H27BrO5. The summed E-state index contributed by atoms with van der Waals surface area (Å²) in [4.78, 5) is 12.3. The maximum absolute atomic E-state index is 12.3. The van der Waals surface area contributed by atoms with Gasteiger partial charge in [-0.05, 0) is 40.0 Å². The van der Waals surface area contributed by atoms with Crippen LogP contribution in [-0.2, 0) is 11.3 Å². The third kappa shape index (κ3) is 4.82. The third-order valence-electron chi connectivity index (χ3n) is 5.52. The Kier molecular flexibility index (Phi) is 8.31. The number of carbonyl (C=O) groups excluding carboxylic acids is 1. The highest BCUT2D eigenvalue weighted by Crippen LogP contribution is 2.49. The molecule has 0 heterocycles. The van der Waals surface area contributed by atoms with Gasteiger partial charge in [-0.15, -0.1) is 0 Å². The molecule has 1 atom stereocenters. The second kappa shape index (κ2) is 11.2. The molecule has 0 saturated heterocycles. The minimum Gasteiger partial charge on any atom is -0.496 e. The number of hydrogen-bond donors (Lipinski definition) is 0. The van der Waals surface area contributed by atoms with Crippen LogP contribution in [0, 0.1) is 6.92 Å². The van der Waals surface area contributed by atoms with E-state index in [0.717, 1.165) is 23.0 Å². The van der Waals surface area contributed by atoms with Crippen molar-refractivity contribution in [1.82, 2.24) is 0 Å². The van der Waals surface area contributed by atoms with Crippen LogP contribution >= 0.6 is 15.9 Å². The molecule has 0 spiro atoms. The van der Waals surface area contributed by atoms with E-state index in [1.54, 1.807) is 27.4 Å². The monoisotopic (exact) mass is 510 g/mol. The molecule has 172 valence electrons. The average molecular weight is 511 g/mol. The number of benzene rings is 3. The fourth-order valence-corrected chi connectivity index (χ4v) is 4.75. The summed E-state index contributed by atoms with van der Waals surface area (Å²) in [6.45, 7) is 6.05.